The first-order chi connectivity index (χ1) is 41.0. The Morgan fingerprint density at radius 1 is 0.849 bits per heavy atom. The minimum absolute atomic E-state index is 0. The van der Waals surface area contributed by atoms with Crippen LogP contribution in [-0.2, 0) is 66.1 Å². The molecular weight excluding hydrogens is 1150 g/mol. The monoisotopic (exact) mass is 1240 g/mol. The van der Waals surface area contributed by atoms with Gasteiger partial charge in [-0.25, -0.2) is 4.79 Å². The highest BCUT2D eigenvalue weighted by molar-refractivity contribution is 7.62. The minimum Gasteiger partial charge on any atom is -0.460 e. The fraction of sp³-hybridized carbons (Fsp3) is 0.585. The Morgan fingerprint density at radius 2 is 1.41 bits per heavy atom. The summed E-state index contributed by atoms with van der Waals surface area (Å²) >= 11 is 7.36. The molecule has 3 atom stereocenters. The summed E-state index contributed by atoms with van der Waals surface area (Å²) in [6.45, 7) is 19.0. The predicted octanol–water partition coefficient (Wildman–Crippen LogP) is 11.5. The second-order valence-corrected chi connectivity index (χ2v) is 27.5. The number of carbonyl (C=O) groups is 5. The van der Waals surface area contributed by atoms with Crippen molar-refractivity contribution in [3.05, 3.63) is 97.1 Å². The summed E-state index contributed by atoms with van der Waals surface area (Å²) in [6, 6.07) is 7.06. The number of hydrogen-bond donors (Lipinski definition) is 3. The van der Waals surface area contributed by atoms with Crippen LogP contribution in [0.25, 0.3) is 11.1 Å². The van der Waals surface area contributed by atoms with Crippen LogP contribution in [0.4, 0.5) is 24.5 Å². The van der Waals surface area contributed by atoms with Crippen LogP contribution < -0.4 is 25.7 Å². The van der Waals surface area contributed by atoms with Gasteiger partial charge in [-0.1, -0.05) is 51.4 Å². The maximum absolute atomic E-state index is 15.8. The summed E-state index contributed by atoms with van der Waals surface area (Å²) in [6.07, 6.45) is 3.94. The van der Waals surface area contributed by atoms with Crippen LogP contribution in [0.3, 0.4) is 0 Å². The third-order valence-corrected chi connectivity index (χ3v) is 20.3. The van der Waals surface area contributed by atoms with Crippen LogP contribution in [0.5, 0.6) is 0 Å². The minimum atomic E-state index is -5.06. The molecule has 0 radical (unpaired) electrons. The molecule has 6 aliphatic heterocycles. The second-order valence-electron chi connectivity index (χ2n) is 25.0. The number of nitrogens with zero attached hydrogens (tertiary/aromatic N) is 3. The lowest BCUT2D eigenvalue weighted by atomic mass is 9.57. The number of aliphatic hydroxyl groups is 1. The molecule has 3 aromatic rings. The van der Waals surface area contributed by atoms with Gasteiger partial charge in [-0.2, -0.15) is 13.2 Å². The van der Waals surface area contributed by atoms with Gasteiger partial charge in [-0.05, 0) is 157 Å². The predicted molar refractivity (Wildman–Crippen MR) is 328 cm³/mol. The van der Waals surface area contributed by atoms with Gasteiger partial charge in [0.1, 0.15) is 6.10 Å². The number of halogens is 4. The van der Waals surface area contributed by atoms with E-state index < -0.39 is 54.8 Å². The molecule has 7 aliphatic rings. The summed E-state index contributed by atoms with van der Waals surface area (Å²) in [5.74, 6) is -3.78. The number of alkyl halides is 3. The molecule has 3 aromatic carbocycles. The summed E-state index contributed by atoms with van der Waals surface area (Å²) in [4.78, 5) is 71.0. The number of esters is 2. The first-order valence-electron chi connectivity index (χ1n) is 30.8. The molecule has 21 heteroatoms. The second kappa shape index (κ2) is 25.0. The third kappa shape index (κ3) is 11.9. The van der Waals surface area contributed by atoms with Gasteiger partial charge in [0.25, 0.3) is 0 Å². The Labute approximate surface area is 512 Å². The van der Waals surface area contributed by atoms with Crippen molar-refractivity contribution in [2.45, 2.75) is 194 Å². The molecular formula is C65H86ClF3N5O11P. The molecule has 1 saturated heterocycles. The molecule has 1 fully saturated rings. The van der Waals surface area contributed by atoms with E-state index in [0.717, 1.165) is 83.3 Å². The maximum Gasteiger partial charge on any atom is 0.471 e. The van der Waals surface area contributed by atoms with Crippen molar-refractivity contribution >= 4 is 76.7 Å². The Kier molecular flexibility index (Phi) is 18.4. The number of carbonyl (C=O) groups excluding carboxylic acids is 5. The molecule has 16 nitrogen and oxygen atoms in total. The van der Waals surface area contributed by atoms with Crippen molar-refractivity contribution in [3.63, 3.8) is 0 Å². The fourth-order valence-corrected chi connectivity index (χ4v) is 16.6. The third-order valence-electron chi connectivity index (χ3n) is 18.1. The van der Waals surface area contributed by atoms with Crippen LogP contribution in [0.1, 0.15) is 202 Å². The van der Waals surface area contributed by atoms with Crippen LogP contribution in [0.2, 0.25) is 5.02 Å². The van der Waals surface area contributed by atoms with Crippen molar-refractivity contribution in [1.29, 1.82) is 1.43 Å². The summed E-state index contributed by atoms with van der Waals surface area (Å²) < 4.78 is 94.1. The van der Waals surface area contributed by atoms with Crippen molar-refractivity contribution < 1.29 is 66.7 Å². The highest BCUT2D eigenvalue weighted by Crippen LogP contribution is 2.64. The molecule has 3 amide bonds. The first-order valence-corrected chi connectivity index (χ1v) is 31.6. The van der Waals surface area contributed by atoms with Crippen molar-refractivity contribution in [3.8, 4) is 0 Å². The SMILES string of the molecule is C.[2H]C[C@@H]1C[C@@H](OC(=O)CCC(=O)NC)CN1C(=O)CCCCCOP(=O)(OCCCCNC(=O)C(F)(F)F)c1cc(Cl)c2c(c1)C1(OC2=O)c2cc3c4c(c2C(C)(C)c2c1cc1c5c2CCCN5C(C)(C)C=C1C)CCCN4C(C)(C)C=C3C.[3H]OC. The lowest BCUT2D eigenvalue weighted by Gasteiger charge is -2.54. The van der Waals surface area contributed by atoms with E-state index in [1.54, 1.807) is 11.0 Å². The number of hydrogen-bond acceptors (Lipinski definition) is 13. The summed E-state index contributed by atoms with van der Waals surface area (Å²) in [5.41, 5.74) is 10.5. The van der Waals surface area contributed by atoms with Crippen molar-refractivity contribution in [1.82, 2.24) is 15.5 Å². The number of fused-ring (bicyclic) bond motifs is 8. The van der Waals surface area contributed by atoms with E-state index >= 15 is 9.36 Å². The number of nitrogens with one attached hydrogen (secondary N) is 2. The Bertz CT molecular complexity index is 3260. The number of likely N-dealkylation sites (tertiary alicyclic amines) is 1. The number of anilines is 2. The van der Waals surface area contributed by atoms with Crippen LogP contribution in [0.15, 0.2) is 36.4 Å². The molecule has 3 N–H and O–H groups in total. The lowest BCUT2D eigenvalue weighted by molar-refractivity contribution is -0.173. The summed E-state index contributed by atoms with van der Waals surface area (Å²) in [5, 5.41) is 7.85. The molecule has 86 heavy (non-hydrogen) atoms. The molecule has 6 heterocycles. The molecule has 470 valence electrons. The molecule has 0 bridgehead atoms. The van der Waals surface area contributed by atoms with Gasteiger partial charge in [0.2, 0.25) is 13.2 Å². The zero-order valence-electron chi connectivity index (χ0n) is 52.6. The Morgan fingerprint density at radius 3 is 1.94 bits per heavy atom. The first kappa shape index (κ1) is 63.3. The van der Waals surface area contributed by atoms with Crippen LogP contribution in [0, 0.1) is 0 Å². The number of benzene rings is 3. The molecule has 0 saturated carbocycles. The number of rotatable bonds is 18. The number of amides is 3. The van der Waals surface area contributed by atoms with Gasteiger partial charge < -0.3 is 49.0 Å². The fourth-order valence-electron chi connectivity index (χ4n) is 14.5. The number of unbranched alkanes of at least 4 members (excludes halogenated alkanes) is 3. The highest BCUT2D eigenvalue weighted by atomic mass is 35.5. The van der Waals surface area contributed by atoms with E-state index in [9.17, 15) is 32.3 Å². The molecule has 1 spiro atoms. The van der Waals surface area contributed by atoms with E-state index in [0.29, 0.717) is 31.2 Å². The smallest absolute Gasteiger partial charge is 0.460 e. The zero-order chi connectivity index (χ0) is 63.3. The van der Waals surface area contributed by atoms with Crippen molar-refractivity contribution in [2.24, 2.45) is 0 Å². The van der Waals surface area contributed by atoms with Crippen molar-refractivity contribution in [2.75, 3.05) is 63.4 Å². The molecule has 1 aliphatic carbocycles. The topological polar surface area (TPSA) is 193 Å². The van der Waals surface area contributed by atoms with Gasteiger partial charge in [-0.15, -0.1) is 0 Å². The van der Waals surface area contributed by atoms with Crippen LogP contribution >= 0.6 is 19.2 Å². The highest BCUT2D eigenvalue weighted by Gasteiger charge is 2.60. The maximum atomic E-state index is 15.8. The van der Waals surface area contributed by atoms with Gasteiger partial charge in [0, 0.05) is 105 Å². The van der Waals surface area contributed by atoms with E-state index in [-0.39, 0.29) is 112 Å². The quantitative estimate of drug-likeness (QED) is 0.0619. The standard InChI is InChI=1S/C63H78ClF3N5O10P.CH4O.CH4/c1-36-33-59(4,5)71-24-16-18-41-53-46(31-43(36)55(41)71)62(47-32-44-37(2)34-60(6,7)72-25-17-19-42(56(44)72)54(47)61(53,8)9)45-29-40(30-48(64)52(45)57(76)82-62)83(78,80-27-15-13-23-69-58(77)63(65,66)67)79-26-14-11-12-20-50(74)70-35-39(28-38(70)3)81-51(75)22-21-49(73)68-10;1-2;/h29-34,38-39H,11-28,35H2,1-10H3,(H,68,73)(H,69,77);2H,1H3;1H4/t38-,39-,83?;;/m1../s1/i3D;2T;. The molecule has 0 aromatic heterocycles. The Balaban J connectivity index is 0.00000246. The van der Waals surface area contributed by atoms with Gasteiger partial charge in [0.05, 0.1) is 53.1 Å². The van der Waals surface area contributed by atoms with E-state index in [2.05, 4.69) is 99.9 Å². The largest absolute Gasteiger partial charge is 0.471 e. The number of aliphatic hydroxyl groups excluding tert-OH is 1. The average Bonchev–Trinajstić information content (AvgIpc) is 1.13. The molecule has 1 unspecified atom stereocenters. The van der Waals surface area contributed by atoms with E-state index in [1.165, 1.54) is 42.7 Å². The number of allylic oxidation sites excluding steroid dienone is 2. The van der Waals surface area contributed by atoms with Gasteiger partial charge >= 0.3 is 31.6 Å². The number of ether oxygens (including phenoxy) is 2. The van der Waals surface area contributed by atoms with Crippen LogP contribution in [-0.4, -0.2) is 124 Å². The summed E-state index contributed by atoms with van der Waals surface area (Å²) in [7, 11) is -1.69. The normalized spacial score (nSPS) is 21.2. The van der Waals surface area contributed by atoms with Gasteiger partial charge in [0.15, 0.2) is 5.60 Å². The lowest BCUT2D eigenvalue weighted by Crippen LogP contribution is -2.51. The van der Waals surface area contributed by atoms with E-state index in [4.69, 9.17) is 32.9 Å². The van der Waals surface area contributed by atoms with Gasteiger partial charge in [-0.3, -0.25) is 23.7 Å². The molecule has 10 rings (SSSR count). The Hall–Kier alpha value is -5.72. The zero-order valence-corrected chi connectivity index (χ0v) is 52.2. The average molecular weight is 1240 g/mol. The van der Waals surface area contributed by atoms with E-state index in [1.807, 2.05) is 5.32 Å².